The van der Waals surface area contributed by atoms with E-state index in [1.54, 1.807) is 0 Å². The molecule has 2 nitrogen and oxygen atoms in total. The van der Waals surface area contributed by atoms with Gasteiger partial charge in [0.15, 0.2) is 0 Å². The molecular formula is C17H23NO. The van der Waals surface area contributed by atoms with Crippen LogP contribution in [0.25, 0.3) is 5.57 Å². The normalized spacial score (nSPS) is 14.8. The van der Waals surface area contributed by atoms with Crippen LogP contribution in [0.3, 0.4) is 0 Å². The second kappa shape index (κ2) is 6.07. The minimum atomic E-state index is 0.206. The quantitative estimate of drug-likeness (QED) is 0.796. The number of likely N-dealkylation sites (N-methyl/N-ethyl adjacent to an activating group) is 1. The molecule has 0 unspecified atom stereocenters. The molecule has 2 heteroatoms. The van der Waals surface area contributed by atoms with Gasteiger partial charge in [0.25, 0.3) is 0 Å². The maximum atomic E-state index is 5.90. The van der Waals surface area contributed by atoms with Crippen LogP contribution in [0.4, 0.5) is 0 Å². The Morgan fingerprint density at radius 3 is 2.63 bits per heavy atom. The Labute approximate surface area is 116 Å². The third-order valence-corrected chi connectivity index (χ3v) is 3.04. The van der Waals surface area contributed by atoms with Crippen LogP contribution in [0, 0.1) is 0 Å². The van der Waals surface area contributed by atoms with Crippen LogP contribution >= 0.6 is 0 Å². The number of benzene rings is 1. The lowest BCUT2D eigenvalue weighted by atomic mass is 10.0. The topological polar surface area (TPSA) is 12.5 Å². The SMILES string of the molecule is CC(C)Oc1ccccc1C1=CC(CN(C)C)=CC1. The molecule has 2 rings (SSSR count). The molecule has 1 aliphatic rings. The van der Waals surface area contributed by atoms with Crippen LogP contribution in [-0.2, 0) is 0 Å². The molecule has 0 heterocycles. The van der Waals surface area contributed by atoms with Gasteiger partial charge in [0, 0.05) is 12.1 Å². The van der Waals surface area contributed by atoms with E-state index in [9.17, 15) is 0 Å². The zero-order chi connectivity index (χ0) is 13.8. The van der Waals surface area contributed by atoms with Gasteiger partial charge in [-0.1, -0.05) is 30.4 Å². The molecule has 0 fully saturated rings. The molecule has 1 aromatic rings. The molecule has 1 aliphatic carbocycles. The zero-order valence-electron chi connectivity index (χ0n) is 12.3. The van der Waals surface area contributed by atoms with Gasteiger partial charge in [0.05, 0.1) is 6.10 Å². The van der Waals surface area contributed by atoms with Gasteiger partial charge < -0.3 is 9.64 Å². The highest BCUT2D eigenvalue weighted by atomic mass is 16.5. The van der Waals surface area contributed by atoms with Gasteiger partial charge in [-0.15, -0.1) is 0 Å². The minimum Gasteiger partial charge on any atom is -0.490 e. The van der Waals surface area contributed by atoms with E-state index in [2.05, 4.69) is 63.2 Å². The van der Waals surface area contributed by atoms with Gasteiger partial charge in [-0.05, 0) is 51.6 Å². The Bertz CT molecular complexity index is 498. The summed E-state index contributed by atoms with van der Waals surface area (Å²) in [6.45, 7) is 5.13. The summed E-state index contributed by atoms with van der Waals surface area (Å²) < 4.78 is 5.90. The lowest BCUT2D eigenvalue weighted by Crippen LogP contribution is -2.13. The van der Waals surface area contributed by atoms with Crippen molar-refractivity contribution in [1.82, 2.24) is 4.90 Å². The first-order chi connectivity index (χ1) is 9.06. The molecule has 0 saturated heterocycles. The van der Waals surface area contributed by atoms with Crippen molar-refractivity contribution in [3.63, 3.8) is 0 Å². The molecule has 19 heavy (non-hydrogen) atoms. The van der Waals surface area contributed by atoms with Gasteiger partial charge in [-0.25, -0.2) is 0 Å². The van der Waals surface area contributed by atoms with Crippen molar-refractivity contribution < 1.29 is 4.74 Å². The fraction of sp³-hybridized carbons (Fsp3) is 0.412. The number of hydrogen-bond acceptors (Lipinski definition) is 2. The van der Waals surface area contributed by atoms with Crippen molar-refractivity contribution in [2.24, 2.45) is 0 Å². The fourth-order valence-corrected chi connectivity index (χ4v) is 2.33. The third-order valence-electron chi connectivity index (χ3n) is 3.04. The molecule has 102 valence electrons. The summed E-state index contributed by atoms with van der Waals surface area (Å²) in [5, 5.41) is 0. The van der Waals surface area contributed by atoms with E-state index in [0.717, 1.165) is 18.7 Å². The van der Waals surface area contributed by atoms with Gasteiger partial charge in [-0.2, -0.15) is 0 Å². The zero-order valence-corrected chi connectivity index (χ0v) is 12.3. The second-order valence-corrected chi connectivity index (χ2v) is 5.55. The second-order valence-electron chi connectivity index (χ2n) is 5.55. The molecule has 0 atom stereocenters. The van der Waals surface area contributed by atoms with Crippen molar-refractivity contribution in [3.8, 4) is 5.75 Å². The molecule has 0 spiro atoms. The lowest BCUT2D eigenvalue weighted by molar-refractivity contribution is 0.241. The van der Waals surface area contributed by atoms with E-state index in [-0.39, 0.29) is 6.10 Å². The van der Waals surface area contributed by atoms with E-state index >= 15 is 0 Å². The smallest absolute Gasteiger partial charge is 0.127 e. The highest BCUT2D eigenvalue weighted by Crippen LogP contribution is 2.33. The first kappa shape index (κ1) is 13.9. The van der Waals surface area contributed by atoms with Crippen LogP contribution < -0.4 is 4.74 Å². The number of allylic oxidation sites excluding steroid dienone is 2. The molecule has 1 aromatic carbocycles. The van der Waals surface area contributed by atoms with Crippen LogP contribution in [-0.4, -0.2) is 31.6 Å². The summed E-state index contributed by atoms with van der Waals surface area (Å²) in [6, 6.07) is 8.31. The molecule has 0 radical (unpaired) electrons. The summed E-state index contributed by atoms with van der Waals surface area (Å²) >= 11 is 0. The molecule has 0 saturated carbocycles. The maximum Gasteiger partial charge on any atom is 0.127 e. The van der Waals surface area contributed by atoms with Crippen molar-refractivity contribution >= 4 is 5.57 Å². The highest BCUT2D eigenvalue weighted by molar-refractivity contribution is 5.76. The first-order valence-electron chi connectivity index (χ1n) is 6.86. The fourth-order valence-electron chi connectivity index (χ4n) is 2.33. The summed E-state index contributed by atoms with van der Waals surface area (Å²) in [7, 11) is 4.20. The lowest BCUT2D eigenvalue weighted by Gasteiger charge is -2.14. The molecule has 0 amide bonds. The van der Waals surface area contributed by atoms with E-state index in [4.69, 9.17) is 4.74 Å². The van der Waals surface area contributed by atoms with Gasteiger partial charge in [0.1, 0.15) is 5.75 Å². The third kappa shape index (κ3) is 3.71. The number of para-hydroxylation sites is 1. The Morgan fingerprint density at radius 2 is 1.95 bits per heavy atom. The van der Waals surface area contributed by atoms with Crippen molar-refractivity contribution in [3.05, 3.63) is 47.6 Å². The van der Waals surface area contributed by atoms with Crippen LogP contribution in [0.15, 0.2) is 42.0 Å². The van der Waals surface area contributed by atoms with Crippen LogP contribution in [0.1, 0.15) is 25.8 Å². The monoisotopic (exact) mass is 257 g/mol. The Kier molecular flexibility index (Phi) is 4.43. The van der Waals surface area contributed by atoms with Crippen molar-refractivity contribution in [1.29, 1.82) is 0 Å². The van der Waals surface area contributed by atoms with Gasteiger partial charge in [0.2, 0.25) is 0 Å². The first-order valence-corrected chi connectivity index (χ1v) is 6.86. The van der Waals surface area contributed by atoms with E-state index in [1.807, 2.05) is 6.07 Å². The molecule has 0 bridgehead atoms. The van der Waals surface area contributed by atoms with E-state index in [0.29, 0.717) is 0 Å². The Balaban J connectivity index is 2.20. The maximum absolute atomic E-state index is 5.90. The summed E-state index contributed by atoms with van der Waals surface area (Å²) in [6.07, 6.45) is 5.81. The molecule has 0 N–H and O–H groups in total. The Morgan fingerprint density at radius 1 is 1.21 bits per heavy atom. The predicted octanol–water partition coefficient (Wildman–Crippen LogP) is 3.75. The van der Waals surface area contributed by atoms with E-state index < -0.39 is 0 Å². The van der Waals surface area contributed by atoms with Gasteiger partial charge >= 0.3 is 0 Å². The predicted molar refractivity (Wildman–Crippen MR) is 81.4 cm³/mol. The van der Waals surface area contributed by atoms with Crippen LogP contribution in [0.5, 0.6) is 5.75 Å². The summed E-state index contributed by atoms with van der Waals surface area (Å²) in [5.41, 5.74) is 3.97. The molecular weight excluding hydrogens is 234 g/mol. The minimum absolute atomic E-state index is 0.206. The highest BCUT2D eigenvalue weighted by Gasteiger charge is 2.13. The summed E-state index contributed by atoms with van der Waals surface area (Å²) in [5.74, 6) is 0.989. The Hall–Kier alpha value is -1.54. The number of ether oxygens (including phenoxy) is 1. The largest absolute Gasteiger partial charge is 0.490 e. The molecule has 0 aliphatic heterocycles. The molecule has 0 aromatic heterocycles. The van der Waals surface area contributed by atoms with Crippen LogP contribution in [0.2, 0.25) is 0 Å². The average Bonchev–Trinajstić information content (AvgIpc) is 2.76. The standard InChI is InChI=1S/C17H23NO/c1-13(2)19-17-8-6-5-7-16(17)15-10-9-14(11-15)12-18(3)4/h5-9,11,13H,10,12H2,1-4H3. The number of rotatable bonds is 5. The average molecular weight is 257 g/mol. The number of nitrogens with zero attached hydrogens (tertiary/aromatic N) is 1. The summed E-state index contributed by atoms with van der Waals surface area (Å²) in [4.78, 5) is 2.20. The van der Waals surface area contributed by atoms with Gasteiger partial charge in [-0.3, -0.25) is 0 Å². The van der Waals surface area contributed by atoms with Crippen molar-refractivity contribution in [2.75, 3.05) is 20.6 Å². The number of hydrogen-bond donors (Lipinski definition) is 0. The van der Waals surface area contributed by atoms with E-state index in [1.165, 1.54) is 16.7 Å². The van der Waals surface area contributed by atoms with Crippen molar-refractivity contribution in [2.45, 2.75) is 26.4 Å².